The zero-order valence-electron chi connectivity index (χ0n) is 23.3. The molecule has 41 heavy (non-hydrogen) atoms. The van der Waals surface area contributed by atoms with Crippen LogP contribution in [-0.2, 0) is 0 Å². The Balaban J connectivity index is 1.26. The molecule has 2 aromatic carbocycles. The highest BCUT2D eigenvalue weighted by atomic mass is 35.5. The zero-order chi connectivity index (χ0) is 27.7. The molecule has 0 spiro atoms. The lowest BCUT2D eigenvalue weighted by atomic mass is 9.95. The maximum atomic E-state index is 16.7. The summed E-state index contributed by atoms with van der Waals surface area (Å²) >= 11 is 6.65. The second-order valence-electron chi connectivity index (χ2n) is 12.4. The molecule has 9 heteroatoms. The SMILES string of the molecule is Cc1cc(-c2ncc3c(N4C[C@H]5CC[C@@H](C4)N5)nc(OCC45CCCN4CCC5)nc3c2F)c2c(Cl)cccc2c1. The third-order valence-corrected chi connectivity index (χ3v) is 10.1. The van der Waals surface area contributed by atoms with Crippen LogP contribution in [0, 0.1) is 12.7 Å². The molecule has 4 fully saturated rings. The lowest BCUT2D eigenvalue weighted by Gasteiger charge is -2.34. The Bertz CT molecular complexity index is 1660. The number of rotatable bonds is 5. The van der Waals surface area contributed by atoms with Crippen molar-refractivity contribution in [3.63, 3.8) is 0 Å². The summed E-state index contributed by atoms with van der Waals surface area (Å²) in [5, 5.41) is 6.61. The maximum Gasteiger partial charge on any atom is 0.319 e. The second-order valence-corrected chi connectivity index (χ2v) is 12.8. The maximum absolute atomic E-state index is 16.7. The van der Waals surface area contributed by atoms with Gasteiger partial charge in [0.2, 0.25) is 0 Å². The number of hydrogen-bond acceptors (Lipinski definition) is 7. The van der Waals surface area contributed by atoms with Gasteiger partial charge in [-0.05, 0) is 81.6 Å². The van der Waals surface area contributed by atoms with Crippen LogP contribution in [0.2, 0.25) is 5.02 Å². The fraction of sp³-hybridized carbons (Fsp3) is 0.469. The number of fused-ring (bicyclic) bond motifs is 5. The van der Waals surface area contributed by atoms with Crippen molar-refractivity contribution in [3.05, 3.63) is 52.9 Å². The van der Waals surface area contributed by atoms with Gasteiger partial charge in [0.15, 0.2) is 5.82 Å². The van der Waals surface area contributed by atoms with Gasteiger partial charge in [0.05, 0.1) is 10.9 Å². The minimum absolute atomic E-state index is 0.0474. The number of pyridine rings is 1. The number of aryl methyl sites for hydroxylation is 1. The van der Waals surface area contributed by atoms with E-state index in [2.05, 4.69) is 21.2 Å². The highest BCUT2D eigenvalue weighted by Crippen LogP contribution is 2.41. The van der Waals surface area contributed by atoms with E-state index in [1.807, 2.05) is 31.2 Å². The molecule has 4 aliphatic rings. The van der Waals surface area contributed by atoms with Crippen molar-refractivity contribution >= 4 is 39.1 Å². The largest absolute Gasteiger partial charge is 0.461 e. The third kappa shape index (κ3) is 4.25. The average molecular weight is 573 g/mol. The van der Waals surface area contributed by atoms with E-state index in [4.69, 9.17) is 31.3 Å². The molecule has 4 aliphatic heterocycles. The topological polar surface area (TPSA) is 66.4 Å². The van der Waals surface area contributed by atoms with Crippen molar-refractivity contribution in [3.8, 4) is 17.3 Å². The predicted octanol–water partition coefficient (Wildman–Crippen LogP) is 5.89. The van der Waals surface area contributed by atoms with Crippen molar-refractivity contribution in [1.82, 2.24) is 25.2 Å². The van der Waals surface area contributed by atoms with Gasteiger partial charge in [0.1, 0.15) is 23.6 Å². The molecular formula is C32H34ClFN6O. The van der Waals surface area contributed by atoms with Gasteiger partial charge in [-0.2, -0.15) is 9.97 Å². The minimum atomic E-state index is -0.470. The van der Waals surface area contributed by atoms with Gasteiger partial charge in [-0.1, -0.05) is 29.8 Å². The van der Waals surface area contributed by atoms with Gasteiger partial charge in [0, 0.05) is 47.3 Å². The molecule has 0 amide bonds. The van der Waals surface area contributed by atoms with Crippen molar-refractivity contribution in [2.45, 2.75) is 63.1 Å². The minimum Gasteiger partial charge on any atom is -0.461 e. The summed E-state index contributed by atoms with van der Waals surface area (Å²) in [6, 6.07) is 10.8. The summed E-state index contributed by atoms with van der Waals surface area (Å²) < 4.78 is 23.1. The van der Waals surface area contributed by atoms with E-state index in [9.17, 15) is 0 Å². The lowest BCUT2D eigenvalue weighted by molar-refractivity contribution is 0.108. The third-order valence-electron chi connectivity index (χ3n) is 9.77. The van der Waals surface area contributed by atoms with E-state index in [-0.39, 0.29) is 22.8 Å². The number of hydrogen-bond donors (Lipinski definition) is 1. The predicted molar refractivity (Wildman–Crippen MR) is 160 cm³/mol. The van der Waals surface area contributed by atoms with Gasteiger partial charge in [0.25, 0.3) is 0 Å². The summed E-state index contributed by atoms with van der Waals surface area (Å²) in [6.07, 6.45) is 8.64. The van der Waals surface area contributed by atoms with Crippen LogP contribution in [0.15, 0.2) is 36.5 Å². The fourth-order valence-electron chi connectivity index (χ4n) is 7.86. The Hall–Kier alpha value is -3.07. The van der Waals surface area contributed by atoms with E-state index in [1.54, 1.807) is 6.20 Å². The molecule has 2 bridgehead atoms. The molecule has 212 valence electrons. The molecule has 0 radical (unpaired) electrons. The highest BCUT2D eigenvalue weighted by molar-refractivity contribution is 6.36. The number of aromatic nitrogens is 3. The molecular weight excluding hydrogens is 539 g/mol. The fourth-order valence-corrected chi connectivity index (χ4v) is 8.15. The molecule has 2 aromatic heterocycles. The average Bonchev–Trinajstić information content (AvgIpc) is 3.65. The molecule has 0 saturated carbocycles. The van der Waals surface area contributed by atoms with Gasteiger partial charge >= 0.3 is 6.01 Å². The monoisotopic (exact) mass is 572 g/mol. The summed E-state index contributed by atoms with van der Waals surface area (Å²) in [7, 11) is 0. The van der Waals surface area contributed by atoms with Crippen molar-refractivity contribution < 1.29 is 9.13 Å². The van der Waals surface area contributed by atoms with E-state index in [0.29, 0.717) is 40.5 Å². The zero-order valence-corrected chi connectivity index (χ0v) is 24.1. The molecule has 4 saturated heterocycles. The molecule has 0 unspecified atom stereocenters. The van der Waals surface area contributed by atoms with Gasteiger partial charge in [-0.25, -0.2) is 4.39 Å². The Labute approximate surface area is 244 Å². The van der Waals surface area contributed by atoms with E-state index >= 15 is 4.39 Å². The van der Waals surface area contributed by atoms with Crippen molar-refractivity contribution in [2.75, 3.05) is 37.7 Å². The highest BCUT2D eigenvalue weighted by Gasteiger charge is 2.45. The number of ether oxygens (including phenoxy) is 1. The van der Waals surface area contributed by atoms with Crippen LogP contribution in [0.3, 0.4) is 0 Å². The normalized spacial score (nSPS) is 23.5. The van der Waals surface area contributed by atoms with Crippen LogP contribution >= 0.6 is 11.6 Å². The van der Waals surface area contributed by atoms with Gasteiger partial charge < -0.3 is 15.0 Å². The molecule has 0 aliphatic carbocycles. The van der Waals surface area contributed by atoms with Crippen LogP contribution in [0.4, 0.5) is 10.2 Å². The summed E-state index contributed by atoms with van der Waals surface area (Å²) in [6.45, 7) is 6.41. The van der Waals surface area contributed by atoms with Crippen LogP contribution < -0.4 is 15.0 Å². The number of halogens is 2. The van der Waals surface area contributed by atoms with E-state index < -0.39 is 5.82 Å². The molecule has 2 atom stereocenters. The number of nitrogens with zero attached hydrogens (tertiary/aromatic N) is 5. The van der Waals surface area contributed by atoms with Crippen LogP contribution in [-0.4, -0.2) is 70.3 Å². The number of nitrogens with one attached hydrogen (secondary N) is 1. The number of benzene rings is 2. The van der Waals surface area contributed by atoms with E-state index in [1.165, 1.54) is 12.8 Å². The van der Waals surface area contributed by atoms with Crippen molar-refractivity contribution in [2.24, 2.45) is 0 Å². The van der Waals surface area contributed by atoms with E-state index in [0.717, 1.165) is 68.2 Å². The molecule has 1 N–H and O–H groups in total. The molecule has 4 aromatic rings. The summed E-state index contributed by atoms with van der Waals surface area (Å²) in [4.78, 5) is 19.2. The van der Waals surface area contributed by atoms with Gasteiger partial charge in [-0.15, -0.1) is 0 Å². The Morgan fingerprint density at radius 1 is 1.10 bits per heavy atom. The summed E-state index contributed by atoms with van der Waals surface area (Å²) in [5.74, 6) is 0.239. The molecule has 8 rings (SSSR count). The number of piperazine rings is 1. The Morgan fingerprint density at radius 3 is 2.66 bits per heavy atom. The smallest absolute Gasteiger partial charge is 0.319 e. The van der Waals surface area contributed by atoms with Gasteiger partial charge in [-0.3, -0.25) is 9.88 Å². The lowest BCUT2D eigenvalue weighted by Crippen LogP contribution is -2.51. The number of anilines is 1. The van der Waals surface area contributed by atoms with Crippen molar-refractivity contribution in [1.29, 1.82) is 0 Å². The molecule has 7 nitrogen and oxygen atoms in total. The first-order chi connectivity index (χ1) is 20.0. The standard InChI is InChI=1S/C32H34ClFN6O/c1-19-13-20-5-2-6-25(33)26(20)23(14-19)28-27(34)29-24(15-35-28)30(39-16-21-7-8-22(17-39)36-21)38-31(37-29)41-18-32-9-3-11-40(32)12-4-10-32/h2,5-6,13-15,21-22,36H,3-4,7-12,16-18H2,1H3/t21-,22+. The Kier molecular flexibility index (Phi) is 6.09. The van der Waals surface area contributed by atoms with Crippen LogP contribution in [0.5, 0.6) is 6.01 Å². The first-order valence-corrected chi connectivity index (χ1v) is 15.3. The second kappa shape index (κ2) is 9.75. The van der Waals surface area contributed by atoms with Crippen LogP contribution in [0.1, 0.15) is 44.1 Å². The molecule has 6 heterocycles. The quantitative estimate of drug-likeness (QED) is 0.320. The van der Waals surface area contributed by atoms with Crippen LogP contribution in [0.25, 0.3) is 32.9 Å². The first-order valence-electron chi connectivity index (χ1n) is 14.9. The Morgan fingerprint density at radius 2 is 1.88 bits per heavy atom. The summed E-state index contributed by atoms with van der Waals surface area (Å²) in [5.41, 5.74) is 2.21. The first kappa shape index (κ1) is 25.6.